The molecule has 2 atom stereocenters. The Balaban J connectivity index is 2.67. The molecular formula is C6H7FO2S. The maximum Gasteiger partial charge on any atom is 0.186 e. The van der Waals surface area contributed by atoms with Crippen molar-refractivity contribution in [2.45, 2.75) is 12.6 Å². The Labute approximate surface area is 60.7 Å². The molecule has 0 heterocycles. The van der Waals surface area contributed by atoms with Crippen LogP contribution >= 0.6 is 0 Å². The van der Waals surface area contributed by atoms with Crippen molar-refractivity contribution in [3.63, 3.8) is 0 Å². The van der Waals surface area contributed by atoms with E-state index in [0.717, 1.165) is 0 Å². The number of alkyl halides is 1. The van der Waals surface area contributed by atoms with Crippen molar-refractivity contribution in [1.82, 2.24) is 0 Å². The second-order valence-corrected chi connectivity index (χ2v) is 2.94. The van der Waals surface area contributed by atoms with Crippen molar-refractivity contribution in [3.05, 3.63) is 23.1 Å². The summed E-state index contributed by atoms with van der Waals surface area (Å²) in [6.45, 7) is 0. The number of allylic oxidation sites excluding steroid dienone is 3. The van der Waals surface area contributed by atoms with Gasteiger partial charge in [0.25, 0.3) is 0 Å². The molecule has 0 saturated carbocycles. The SMILES string of the molecule is O=S(O)C1=CCC(F)C=C1. The molecule has 0 radical (unpaired) electrons. The second kappa shape index (κ2) is 3.07. The molecule has 0 bridgehead atoms. The van der Waals surface area contributed by atoms with E-state index in [2.05, 4.69) is 0 Å². The van der Waals surface area contributed by atoms with E-state index in [1.165, 1.54) is 18.2 Å². The lowest BCUT2D eigenvalue weighted by molar-refractivity contribution is 0.401. The Morgan fingerprint density at radius 3 is 2.90 bits per heavy atom. The van der Waals surface area contributed by atoms with Crippen LogP contribution in [0.2, 0.25) is 0 Å². The first-order valence-corrected chi connectivity index (χ1v) is 3.94. The Bertz CT molecular complexity index is 210. The van der Waals surface area contributed by atoms with Gasteiger partial charge in [-0.05, 0) is 12.2 Å². The lowest BCUT2D eigenvalue weighted by Gasteiger charge is -2.04. The highest BCUT2D eigenvalue weighted by molar-refractivity contribution is 7.83. The van der Waals surface area contributed by atoms with E-state index in [-0.39, 0.29) is 11.3 Å². The van der Waals surface area contributed by atoms with E-state index in [9.17, 15) is 8.60 Å². The van der Waals surface area contributed by atoms with E-state index in [1.54, 1.807) is 0 Å². The van der Waals surface area contributed by atoms with Gasteiger partial charge in [0, 0.05) is 6.42 Å². The third-order valence-corrected chi connectivity index (χ3v) is 1.92. The highest BCUT2D eigenvalue weighted by Crippen LogP contribution is 2.14. The van der Waals surface area contributed by atoms with Gasteiger partial charge in [0.2, 0.25) is 0 Å². The van der Waals surface area contributed by atoms with Crippen LogP contribution in [0.15, 0.2) is 23.1 Å². The molecule has 0 aromatic rings. The van der Waals surface area contributed by atoms with Crippen molar-refractivity contribution in [2.24, 2.45) is 0 Å². The molecule has 2 unspecified atom stereocenters. The van der Waals surface area contributed by atoms with Crippen molar-refractivity contribution < 1.29 is 13.2 Å². The summed E-state index contributed by atoms with van der Waals surface area (Å²) >= 11 is -1.96. The molecule has 56 valence electrons. The smallest absolute Gasteiger partial charge is 0.186 e. The van der Waals surface area contributed by atoms with Crippen molar-refractivity contribution in [3.8, 4) is 0 Å². The Hall–Kier alpha value is -0.480. The molecule has 10 heavy (non-hydrogen) atoms. The Kier molecular flexibility index (Phi) is 2.34. The van der Waals surface area contributed by atoms with Crippen LogP contribution in [0.25, 0.3) is 0 Å². The number of halogens is 1. The van der Waals surface area contributed by atoms with Crippen LogP contribution in [0.4, 0.5) is 4.39 Å². The number of hydrogen-bond acceptors (Lipinski definition) is 1. The van der Waals surface area contributed by atoms with Gasteiger partial charge in [-0.15, -0.1) is 0 Å². The summed E-state index contributed by atoms with van der Waals surface area (Å²) in [6, 6.07) is 0. The van der Waals surface area contributed by atoms with Gasteiger partial charge in [-0.25, -0.2) is 8.60 Å². The fourth-order valence-corrected chi connectivity index (χ4v) is 1.14. The lowest BCUT2D eigenvalue weighted by Crippen LogP contribution is -2.01. The lowest BCUT2D eigenvalue weighted by atomic mass is 10.2. The topological polar surface area (TPSA) is 37.3 Å². The highest BCUT2D eigenvalue weighted by atomic mass is 32.2. The van der Waals surface area contributed by atoms with Crippen molar-refractivity contribution in [2.75, 3.05) is 0 Å². The second-order valence-electron chi connectivity index (χ2n) is 1.97. The minimum absolute atomic E-state index is 0.206. The van der Waals surface area contributed by atoms with Gasteiger partial charge in [-0.2, -0.15) is 0 Å². The van der Waals surface area contributed by atoms with Crippen LogP contribution in [0.1, 0.15) is 6.42 Å². The molecule has 0 fully saturated rings. The summed E-state index contributed by atoms with van der Waals surface area (Å²) in [5, 5.41) is 0. The minimum atomic E-state index is -1.96. The monoisotopic (exact) mass is 162 g/mol. The zero-order valence-corrected chi connectivity index (χ0v) is 5.97. The fourth-order valence-electron chi connectivity index (χ4n) is 0.704. The number of rotatable bonds is 1. The maximum atomic E-state index is 12.3. The maximum absolute atomic E-state index is 12.3. The highest BCUT2D eigenvalue weighted by Gasteiger charge is 2.08. The van der Waals surface area contributed by atoms with Crippen LogP contribution < -0.4 is 0 Å². The molecule has 1 aliphatic rings. The third-order valence-electron chi connectivity index (χ3n) is 1.22. The summed E-state index contributed by atoms with van der Waals surface area (Å²) in [6.07, 6.45) is 3.26. The first-order chi connectivity index (χ1) is 4.70. The largest absolute Gasteiger partial charge is 0.302 e. The van der Waals surface area contributed by atoms with Gasteiger partial charge in [-0.3, -0.25) is 0 Å². The molecule has 2 nitrogen and oxygen atoms in total. The summed E-state index contributed by atoms with van der Waals surface area (Å²) in [5.41, 5.74) is 0. The Morgan fingerprint density at radius 2 is 2.50 bits per heavy atom. The van der Waals surface area contributed by atoms with E-state index in [4.69, 9.17) is 4.55 Å². The van der Waals surface area contributed by atoms with Gasteiger partial charge in [0.1, 0.15) is 6.17 Å². The first kappa shape index (κ1) is 7.63. The molecular weight excluding hydrogens is 155 g/mol. The summed E-state index contributed by atoms with van der Waals surface area (Å²) < 4.78 is 31.1. The zero-order chi connectivity index (χ0) is 7.56. The van der Waals surface area contributed by atoms with Crippen molar-refractivity contribution >= 4 is 11.1 Å². The van der Waals surface area contributed by atoms with Crippen LogP contribution in [0.5, 0.6) is 0 Å². The molecule has 1 rings (SSSR count). The standard InChI is InChI=1S/C6H7FO2S/c7-5-1-3-6(4-2-5)10(8)9/h1,3-5H,2H2,(H,8,9). The predicted octanol–water partition coefficient (Wildman–Crippen LogP) is 1.39. The molecule has 0 aromatic carbocycles. The molecule has 0 aromatic heterocycles. The first-order valence-electron chi connectivity index (χ1n) is 2.83. The summed E-state index contributed by atoms with van der Waals surface area (Å²) in [5.74, 6) is 0. The molecule has 0 aliphatic heterocycles. The van der Waals surface area contributed by atoms with Gasteiger partial charge in [0.05, 0.1) is 4.91 Å². The van der Waals surface area contributed by atoms with Gasteiger partial charge >= 0.3 is 0 Å². The minimum Gasteiger partial charge on any atom is -0.302 e. The fraction of sp³-hybridized carbons (Fsp3) is 0.333. The normalized spacial score (nSPS) is 27.8. The van der Waals surface area contributed by atoms with Crippen LogP contribution in [0, 0.1) is 0 Å². The number of hydrogen-bond donors (Lipinski definition) is 1. The van der Waals surface area contributed by atoms with E-state index < -0.39 is 17.3 Å². The van der Waals surface area contributed by atoms with Gasteiger partial charge in [-0.1, -0.05) is 6.08 Å². The molecule has 4 heteroatoms. The predicted molar refractivity (Wildman–Crippen MR) is 37.5 cm³/mol. The Morgan fingerprint density at radius 1 is 1.80 bits per heavy atom. The van der Waals surface area contributed by atoms with E-state index in [1.807, 2.05) is 0 Å². The van der Waals surface area contributed by atoms with E-state index >= 15 is 0 Å². The van der Waals surface area contributed by atoms with Crippen LogP contribution in [0.3, 0.4) is 0 Å². The van der Waals surface area contributed by atoms with Crippen LogP contribution in [-0.2, 0) is 11.1 Å². The zero-order valence-electron chi connectivity index (χ0n) is 5.16. The summed E-state index contributed by atoms with van der Waals surface area (Å²) in [4.78, 5) is 0.286. The quantitative estimate of drug-likeness (QED) is 0.591. The average molecular weight is 162 g/mol. The van der Waals surface area contributed by atoms with Gasteiger partial charge < -0.3 is 4.55 Å². The molecule has 0 spiro atoms. The third kappa shape index (κ3) is 1.75. The van der Waals surface area contributed by atoms with E-state index in [0.29, 0.717) is 0 Å². The summed E-state index contributed by atoms with van der Waals surface area (Å²) in [7, 11) is 0. The molecule has 1 aliphatic carbocycles. The average Bonchev–Trinajstić information content (AvgIpc) is 1.88. The molecule has 1 N–H and O–H groups in total. The van der Waals surface area contributed by atoms with Crippen LogP contribution in [-0.4, -0.2) is 14.9 Å². The van der Waals surface area contributed by atoms with Gasteiger partial charge in [0.15, 0.2) is 11.1 Å². The van der Waals surface area contributed by atoms with Crippen molar-refractivity contribution in [1.29, 1.82) is 0 Å². The molecule has 0 amide bonds. The molecule has 0 saturated heterocycles.